The van der Waals surface area contributed by atoms with Gasteiger partial charge in [-0.3, -0.25) is 9.97 Å². The fourth-order valence-corrected chi connectivity index (χ4v) is 8.52. The molecule has 6 heteroatoms. The number of furan rings is 1. The third-order valence-corrected chi connectivity index (χ3v) is 12.0. The van der Waals surface area contributed by atoms with Crippen LogP contribution in [-0.2, 0) is 25.5 Å². The summed E-state index contributed by atoms with van der Waals surface area (Å²) in [6.07, 6.45) is 1.83. The van der Waals surface area contributed by atoms with Crippen LogP contribution in [0, 0.1) is 23.5 Å². The Hall–Kier alpha value is -6.90. The largest absolute Gasteiger partial charge is 0.500 e. The minimum absolute atomic E-state index is 0. The average molecular weight is 1010 g/mol. The molecule has 64 heavy (non-hydrogen) atoms. The molecule has 3 heterocycles. The van der Waals surface area contributed by atoms with Gasteiger partial charge in [-0.25, -0.2) is 0 Å². The van der Waals surface area contributed by atoms with Crippen LogP contribution in [0.2, 0.25) is 0 Å². The van der Waals surface area contributed by atoms with E-state index in [0.717, 1.165) is 44.6 Å². The summed E-state index contributed by atoms with van der Waals surface area (Å²) in [6.45, 7) is 13.4. The molecule has 0 saturated carbocycles. The molecule has 0 bridgehead atoms. The molecule has 0 saturated heterocycles. The van der Waals surface area contributed by atoms with Gasteiger partial charge < -0.3 is 8.98 Å². The fraction of sp³-hybridized carbons (Fsp3) is 0.155. The number of para-hydroxylation sites is 2. The van der Waals surface area contributed by atoms with Gasteiger partial charge in [0.1, 0.15) is 5.58 Å². The van der Waals surface area contributed by atoms with Gasteiger partial charge >= 0.3 is 0 Å². The fourth-order valence-electron chi connectivity index (χ4n) is 8.52. The average Bonchev–Trinajstić information content (AvgIpc) is 3.90. The molecular formula is C58H48IrN4O-2. The first-order valence-corrected chi connectivity index (χ1v) is 21.6. The van der Waals surface area contributed by atoms with Crippen molar-refractivity contribution in [2.45, 2.75) is 58.8 Å². The van der Waals surface area contributed by atoms with Crippen molar-refractivity contribution in [3.63, 3.8) is 0 Å². The number of rotatable bonds is 8. The Morgan fingerprint density at radius 1 is 0.641 bits per heavy atom. The molecular weight excluding hydrogens is 961 g/mol. The van der Waals surface area contributed by atoms with Crippen molar-refractivity contribution in [3.05, 3.63) is 210 Å². The van der Waals surface area contributed by atoms with Crippen molar-refractivity contribution in [1.29, 1.82) is 5.26 Å². The molecule has 0 spiro atoms. The SMILES string of the molecule is CC(C)(c1[c-]cccc1)c1ccccn1.CC(C)c1cc(-c2ccc(-c3ccccc3)cc2)cc(C(C)C)c1-n1c(-c2[c-]ccc3c2oc2cc(C#N)ccc23)nc2ccccc21.[Ir]. The second kappa shape index (κ2) is 18.4. The molecule has 10 rings (SSSR count). The van der Waals surface area contributed by atoms with Crippen LogP contribution < -0.4 is 0 Å². The van der Waals surface area contributed by atoms with Crippen LogP contribution in [0.25, 0.3) is 72.3 Å². The van der Waals surface area contributed by atoms with E-state index < -0.39 is 0 Å². The number of fused-ring (bicyclic) bond motifs is 4. The molecule has 0 N–H and O–H groups in total. The second-order valence-electron chi connectivity index (χ2n) is 17.2. The minimum Gasteiger partial charge on any atom is -0.500 e. The number of pyridine rings is 1. The summed E-state index contributed by atoms with van der Waals surface area (Å²) in [6, 6.07) is 65.1. The number of nitrogens with zero attached hydrogens (tertiary/aromatic N) is 4. The number of nitriles is 1. The quantitative estimate of drug-likeness (QED) is 0.142. The van der Waals surface area contributed by atoms with Crippen molar-refractivity contribution >= 4 is 33.0 Å². The Morgan fingerprint density at radius 2 is 1.30 bits per heavy atom. The molecule has 0 fully saturated rings. The number of benzene rings is 7. The van der Waals surface area contributed by atoms with Crippen LogP contribution in [0.4, 0.5) is 0 Å². The van der Waals surface area contributed by atoms with Crippen LogP contribution in [0.1, 0.15) is 81.3 Å². The maximum Gasteiger partial charge on any atom is 0.122 e. The van der Waals surface area contributed by atoms with Gasteiger partial charge in [-0.2, -0.15) is 41.2 Å². The third-order valence-electron chi connectivity index (χ3n) is 12.0. The van der Waals surface area contributed by atoms with E-state index in [1.54, 1.807) is 6.07 Å². The summed E-state index contributed by atoms with van der Waals surface area (Å²) in [5.74, 6) is 1.26. The van der Waals surface area contributed by atoms with Crippen molar-refractivity contribution in [2.24, 2.45) is 0 Å². The van der Waals surface area contributed by atoms with E-state index in [1.165, 1.54) is 38.9 Å². The normalized spacial score (nSPS) is 11.4. The molecule has 0 unspecified atom stereocenters. The maximum atomic E-state index is 9.53. The smallest absolute Gasteiger partial charge is 0.122 e. The number of aromatic nitrogens is 3. The van der Waals surface area contributed by atoms with E-state index in [2.05, 4.69) is 166 Å². The van der Waals surface area contributed by atoms with Crippen molar-refractivity contribution in [3.8, 4) is 45.4 Å². The van der Waals surface area contributed by atoms with Crippen molar-refractivity contribution in [1.82, 2.24) is 14.5 Å². The van der Waals surface area contributed by atoms with Crippen molar-refractivity contribution in [2.75, 3.05) is 0 Å². The first-order chi connectivity index (χ1) is 30.6. The molecule has 0 aliphatic carbocycles. The van der Waals surface area contributed by atoms with Gasteiger partial charge in [0.2, 0.25) is 0 Å². The van der Waals surface area contributed by atoms with E-state index in [4.69, 9.17) is 9.40 Å². The molecule has 7 aromatic carbocycles. The Labute approximate surface area is 389 Å². The maximum absolute atomic E-state index is 9.53. The van der Waals surface area contributed by atoms with Gasteiger partial charge in [-0.05, 0) is 93.7 Å². The van der Waals surface area contributed by atoms with Gasteiger partial charge in [0.05, 0.1) is 34.1 Å². The monoisotopic (exact) mass is 1010 g/mol. The zero-order valence-electron chi connectivity index (χ0n) is 36.9. The Morgan fingerprint density at radius 3 is 1.95 bits per heavy atom. The number of hydrogen-bond donors (Lipinski definition) is 0. The van der Waals surface area contributed by atoms with Crippen LogP contribution in [0.5, 0.6) is 0 Å². The predicted octanol–water partition coefficient (Wildman–Crippen LogP) is 15.0. The molecule has 5 nitrogen and oxygen atoms in total. The molecule has 0 atom stereocenters. The second-order valence-corrected chi connectivity index (χ2v) is 17.2. The first kappa shape index (κ1) is 43.7. The number of imidazole rings is 1. The standard InChI is InChI=1S/C44H34N3O.C14H14N.Ir/c1-27(2)37-24-33(32-20-18-31(19-21-32)30-11-6-5-7-12-30)25-38(28(3)4)42(37)47-40-16-9-8-15-39(40)46-44(47)36-14-10-13-35-34-22-17-29(26-45)23-41(34)48-43(35)36;1-14(2,12-8-4-3-5-9-12)13-10-6-7-11-15-13;/h5-13,15-25,27-28H,1-4H3;3-8,10-11H,1-2H3;/q2*-1;. The van der Waals surface area contributed by atoms with E-state index >= 15 is 0 Å². The van der Waals surface area contributed by atoms with Crippen LogP contribution in [0.15, 0.2) is 174 Å². The first-order valence-electron chi connectivity index (χ1n) is 21.6. The van der Waals surface area contributed by atoms with Crippen LogP contribution in [0.3, 0.4) is 0 Å². The molecule has 0 aliphatic heterocycles. The zero-order chi connectivity index (χ0) is 43.7. The van der Waals surface area contributed by atoms with E-state index in [-0.39, 0.29) is 37.4 Å². The molecule has 317 valence electrons. The molecule has 3 aromatic heterocycles. The Bertz CT molecular complexity index is 3180. The summed E-state index contributed by atoms with van der Waals surface area (Å²) in [5, 5.41) is 11.5. The molecule has 0 aliphatic rings. The van der Waals surface area contributed by atoms with Crippen molar-refractivity contribution < 1.29 is 24.5 Å². The molecule has 1 radical (unpaired) electrons. The summed E-state index contributed by atoms with van der Waals surface area (Å²) in [7, 11) is 0. The summed E-state index contributed by atoms with van der Waals surface area (Å²) in [5.41, 5.74) is 15.3. The van der Waals surface area contributed by atoms with Gasteiger partial charge in [0.25, 0.3) is 0 Å². The van der Waals surface area contributed by atoms with Gasteiger partial charge in [-0.15, -0.1) is 18.2 Å². The molecule has 10 aromatic rings. The predicted molar refractivity (Wildman–Crippen MR) is 258 cm³/mol. The van der Waals surface area contributed by atoms with Gasteiger partial charge in [-0.1, -0.05) is 131 Å². The summed E-state index contributed by atoms with van der Waals surface area (Å²) in [4.78, 5) is 9.66. The van der Waals surface area contributed by atoms with Gasteiger partial charge in [0, 0.05) is 48.5 Å². The van der Waals surface area contributed by atoms with E-state index in [0.29, 0.717) is 16.7 Å². The summed E-state index contributed by atoms with van der Waals surface area (Å²) >= 11 is 0. The molecule has 0 amide bonds. The summed E-state index contributed by atoms with van der Waals surface area (Å²) < 4.78 is 8.83. The number of hydrogen-bond acceptors (Lipinski definition) is 4. The Balaban J connectivity index is 0.000000297. The van der Waals surface area contributed by atoms with E-state index in [1.807, 2.05) is 66.9 Å². The van der Waals surface area contributed by atoms with Gasteiger partial charge in [0.15, 0.2) is 0 Å². The Kier molecular flexibility index (Phi) is 12.6. The third kappa shape index (κ3) is 8.33. The van der Waals surface area contributed by atoms with E-state index in [9.17, 15) is 5.26 Å². The topological polar surface area (TPSA) is 67.6 Å². The minimum atomic E-state index is -0.0808. The van der Waals surface area contributed by atoms with Crippen LogP contribution in [-0.4, -0.2) is 14.5 Å². The van der Waals surface area contributed by atoms with Crippen LogP contribution >= 0.6 is 0 Å². The zero-order valence-corrected chi connectivity index (χ0v) is 39.2.